The Hall–Kier alpha value is -2.45. The Morgan fingerprint density at radius 1 is 1.13 bits per heavy atom. The van der Waals surface area contributed by atoms with Crippen LogP contribution >= 0.6 is 0 Å². The van der Waals surface area contributed by atoms with E-state index in [0.717, 1.165) is 5.56 Å². The van der Waals surface area contributed by atoms with Crippen LogP contribution < -0.4 is 0 Å². The molecule has 8 heteroatoms. The van der Waals surface area contributed by atoms with Crippen LogP contribution in [0.3, 0.4) is 0 Å². The minimum atomic E-state index is -2.73. The fourth-order valence-corrected chi connectivity index (χ4v) is 1.87. The first-order valence-corrected chi connectivity index (χ1v) is 6.70. The first-order chi connectivity index (χ1) is 10.8. The summed E-state index contributed by atoms with van der Waals surface area (Å²) in [5, 5.41) is 27.3. The van der Waals surface area contributed by atoms with Crippen molar-refractivity contribution in [3.8, 4) is 0 Å². The maximum absolute atomic E-state index is 11.8. The van der Waals surface area contributed by atoms with Crippen LogP contribution in [0.5, 0.6) is 0 Å². The molecule has 1 aromatic carbocycles. The maximum atomic E-state index is 11.8. The molecule has 0 saturated carbocycles. The molecule has 126 valence electrons. The van der Waals surface area contributed by atoms with Crippen molar-refractivity contribution < 1.29 is 39.2 Å². The van der Waals surface area contributed by atoms with Crippen molar-refractivity contribution in [3.63, 3.8) is 0 Å². The van der Waals surface area contributed by atoms with Crippen molar-refractivity contribution in [3.05, 3.63) is 35.9 Å². The van der Waals surface area contributed by atoms with Crippen molar-refractivity contribution in [1.29, 1.82) is 0 Å². The Labute approximate surface area is 132 Å². The number of carbonyl (C=O) groups is 3. The minimum Gasteiger partial charge on any atom is -0.481 e. The van der Waals surface area contributed by atoms with Crippen LogP contribution in [0.1, 0.15) is 18.4 Å². The lowest BCUT2D eigenvalue weighted by molar-refractivity contribution is -0.185. The zero-order valence-electron chi connectivity index (χ0n) is 12.5. The van der Waals surface area contributed by atoms with Crippen LogP contribution in [0, 0.1) is 0 Å². The Kier molecular flexibility index (Phi) is 6.67. The highest BCUT2D eigenvalue weighted by molar-refractivity contribution is 5.88. The molecule has 1 aromatic rings. The number of ether oxygens (including phenoxy) is 2. The number of hydrogen-bond acceptors (Lipinski definition) is 6. The fourth-order valence-electron chi connectivity index (χ4n) is 1.87. The smallest absolute Gasteiger partial charge is 0.336 e. The molecule has 2 unspecified atom stereocenters. The van der Waals surface area contributed by atoms with Gasteiger partial charge < -0.3 is 24.8 Å². The zero-order valence-corrected chi connectivity index (χ0v) is 12.5. The van der Waals surface area contributed by atoms with Gasteiger partial charge in [-0.3, -0.25) is 9.59 Å². The zero-order chi connectivity index (χ0) is 17.5. The largest absolute Gasteiger partial charge is 0.481 e. The van der Waals surface area contributed by atoms with Crippen molar-refractivity contribution in [2.24, 2.45) is 0 Å². The van der Waals surface area contributed by atoms with Gasteiger partial charge in [0.2, 0.25) is 6.29 Å². The lowest BCUT2D eigenvalue weighted by Crippen LogP contribution is -2.43. The number of carboxylic acid groups (broad SMARTS) is 2. The molecule has 1 rings (SSSR count). The summed E-state index contributed by atoms with van der Waals surface area (Å²) in [4.78, 5) is 33.4. The van der Waals surface area contributed by atoms with Gasteiger partial charge in [-0.25, -0.2) is 4.79 Å². The number of aliphatic hydroxyl groups is 1. The van der Waals surface area contributed by atoms with Crippen LogP contribution in [0.4, 0.5) is 0 Å². The van der Waals surface area contributed by atoms with Gasteiger partial charge in [0.05, 0.1) is 12.8 Å². The van der Waals surface area contributed by atoms with Crippen LogP contribution in [0.15, 0.2) is 30.3 Å². The van der Waals surface area contributed by atoms with E-state index in [0.29, 0.717) is 0 Å². The number of benzene rings is 1. The van der Waals surface area contributed by atoms with E-state index >= 15 is 0 Å². The minimum absolute atomic E-state index is 0.230. The predicted molar refractivity (Wildman–Crippen MR) is 76.5 cm³/mol. The summed E-state index contributed by atoms with van der Waals surface area (Å²) in [6, 6.07) is 8.98. The molecule has 0 saturated heterocycles. The average molecular weight is 326 g/mol. The molecule has 23 heavy (non-hydrogen) atoms. The number of carboxylic acids is 2. The standard InChI is InChI=1S/C15H18O8/c1-22-13(7-10-5-3-2-4-6-10)23-12(18)9-15(21,14(19)20)8-11(16)17/h2-6,13,21H,7-9H2,1H3,(H,16,17)(H,19,20). The molecule has 0 spiro atoms. The molecule has 0 aliphatic rings. The molecular formula is C15H18O8. The van der Waals surface area contributed by atoms with Gasteiger partial charge in [0.15, 0.2) is 5.60 Å². The van der Waals surface area contributed by atoms with E-state index in [1.165, 1.54) is 7.11 Å². The molecule has 0 radical (unpaired) electrons. The summed E-state index contributed by atoms with van der Waals surface area (Å²) in [7, 11) is 1.31. The number of hydrogen-bond donors (Lipinski definition) is 3. The molecular weight excluding hydrogens is 308 g/mol. The second-order valence-electron chi connectivity index (χ2n) is 4.93. The van der Waals surface area contributed by atoms with E-state index in [4.69, 9.17) is 19.7 Å². The molecule has 0 fully saturated rings. The summed E-state index contributed by atoms with van der Waals surface area (Å²) in [5.41, 5.74) is -1.90. The van der Waals surface area contributed by atoms with Crippen molar-refractivity contribution in [2.75, 3.05) is 7.11 Å². The first-order valence-electron chi connectivity index (χ1n) is 6.70. The Morgan fingerprint density at radius 3 is 2.22 bits per heavy atom. The Bertz CT molecular complexity index is 556. The average Bonchev–Trinajstić information content (AvgIpc) is 2.46. The molecule has 0 amide bonds. The normalized spacial score (nSPS) is 14.5. The third-order valence-corrected chi connectivity index (χ3v) is 3.05. The number of rotatable bonds is 9. The lowest BCUT2D eigenvalue weighted by atomic mass is 9.96. The molecule has 0 heterocycles. The molecule has 0 bridgehead atoms. The lowest BCUT2D eigenvalue weighted by Gasteiger charge is -2.22. The van der Waals surface area contributed by atoms with E-state index in [2.05, 4.69) is 0 Å². The molecule has 2 atom stereocenters. The second kappa shape index (κ2) is 8.25. The van der Waals surface area contributed by atoms with Gasteiger partial charge in [0.25, 0.3) is 0 Å². The van der Waals surface area contributed by atoms with E-state index < -0.39 is 42.6 Å². The second-order valence-corrected chi connectivity index (χ2v) is 4.93. The molecule has 0 aliphatic carbocycles. The monoisotopic (exact) mass is 326 g/mol. The van der Waals surface area contributed by atoms with E-state index in [-0.39, 0.29) is 6.42 Å². The van der Waals surface area contributed by atoms with Gasteiger partial charge in [-0.1, -0.05) is 30.3 Å². The van der Waals surface area contributed by atoms with Gasteiger partial charge in [-0.15, -0.1) is 0 Å². The summed E-state index contributed by atoms with van der Waals surface area (Å²) >= 11 is 0. The van der Waals surface area contributed by atoms with E-state index in [9.17, 15) is 19.5 Å². The highest BCUT2D eigenvalue weighted by Crippen LogP contribution is 2.18. The topological polar surface area (TPSA) is 130 Å². The van der Waals surface area contributed by atoms with Gasteiger partial charge in [0, 0.05) is 13.5 Å². The highest BCUT2D eigenvalue weighted by atomic mass is 16.7. The van der Waals surface area contributed by atoms with Gasteiger partial charge in [-0.05, 0) is 5.56 Å². The Balaban J connectivity index is 2.68. The van der Waals surface area contributed by atoms with Crippen molar-refractivity contribution in [1.82, 2.24) is 0 Å². The molecule has 3 N–H and O–H groups in total. The van der Waals surface area contributed by atoms with Crippen LogP contribution in [0.2, 0.25) is 0 Å². The van der Waals surface area contributed by atoms with Crippen molar-refractivity contribution in [2.45, 2.75) is 31.2 Å². The van der Waals surface area contributed by atoms with Crippen molar-refractivity contribution >= 4 is 17.9 Å². The number of carbonyl (C=O) groups excluding carboxylic acids is 1. The van der Waals surface area contributed by atoms with E-state index in [1.807, 2.05) is 6.07 Å². The summed E-state index contributed by atoms with van der Waals surface area (Å²) in [6.45, 7) is 0. The SMILES string of the molecule is COC(Cc1ccccc1)OC(=O)CC(O)(CC(=O)O)C(=O)O. The number of aliphatic carboxylic acids is 2. The van der Waals surface area contributed by atoms with Crippen LogP contribution in [0.25, 0.3) is 0 Å². The van der Waals surface area contributed by atoms with E-state index in [1.54, 1.807) is 24.3 Å². The van der Waals surface area contributed by atoms with Gasteiger partial charge in [0.1, 0.15) is 0 Å². The van der Waals surface area contributed by atoms with Crippen LogP contribution in [-0.2, 0) is 30.3 Å². The molecule has 0 aromatic heterocycles. The summed E-state index contributed by atoms with van der Waals surface area (Å²) < 4.78 is 9.95. The molecule has 0 aliphatic heterocycles. The maximum Gasteiger partial charge on any atom is 0.336 e. The fraction of sp³-hybridized carbons (Fsp3) is 0.400. The summed E-state index contributed by atoms with van der Waals surface area (Å²) in [6.07, 6.45) is -2.86. The van der Waals surface area contributed by atoms with Crippen LogP contribution in [-0.4, -0.2) is 52.2 Å². The highest BCUT2D eigenvalue weighted by Gasteiger charge is 2.41. The number of methoxy groups -OCH3 is 1. The quantitative estimate of drug-likeness (QED) is 0.440. The third-order valence-electron chi connectivity index (χ3n) is 3.05. The number of esters is 1. The molecule has 8 nitrogen and oxygen atoms in total. The predicted octanol–water partition coefficient (Wildman–Crippen LogP) is 0.425. The Morgan fingerprint density at radius 2 is 1.74 bits per heavy atom. The van der Waals surface area contributed by atoms with Gasteiger partial charge in [-0.2, -0.15) is 0 Å². The third kappa shape index (κ3) is 6.05. The van der Waals surface area contributed by atoms with Gasteiger partial charge >= 0.3 is 17.9 Å². The first kappa shape index (κ1) is 18.6. The summed E-state index contributed by atoms with van der Waals surface area (Å²) in [5.74, 6) is -4.43.